The Labute approximate surface area is 134 Å². The second-order valence-corrected chi connectivity index (χ2v) is 5.15. The van der Waals surface area contributed by atoms with Crippen LogP contribution in [-0.4, -0.2) is 33.4 Å². The van der Waals surface area contributed by atoms with Gasteiger partial charge in [-0.2, -0.15) is 13.2 Å². The molecular formula is C15H21ClF3NO2. The molecule has 0 aromatic heterocycles. The summed E-state index contributed by atoms with van der Waals surface area (Å²) in [5.74, 6) is 0.411. The Bertz CT molecular complexity index is 463. The molecule has 1 aliphatic rings. The zero-order valence-electron chi connectivity index (χ0n) is 12.4. The molecule has 0 radical (unpaired) electrons. The van der Waals surface area contributed by atoms with Crippen molar-refractivity contribution in [2.45, 2.75) is 24.9 Å². The Kier molecular flexibility index (Phi) is 7.45. The Morgan fingerprint density at radius 1 is 1.14 bits per heavy atom. The minimum Gasteiger partial charge on any atom is -0.491 e. The topological polar surface area (TPSA) is 30.5 Å². The maximum Gasteiger partial charge on any atom is 0.416 e. The van der Waals surface area contributed by atoms with E-state index in [2.05, 4.69) is 5.32 Å². The Morgan fingerprint density at radius 2 is 1.82 bits per heavy atom. The quantitative estimate of drug-likeness (QED) is 0.831. The van der Waals surface area contributed by atoms with Crippen LogP contribution in [0.3, 0.4) is 0 Å². The summed E-state index contributed by atoms with van der Waals surface area (Å²) in [5.41, 5.74) is 0.0599. The average molecular weight is 340 g/mol. The van der Waals surface area contributed by atoms with Crippen LogP contribution in [-0.2, 0) is 10.9 Å². The normalized spacial score (nSPS) is 16.2. The fourth-order valence-electron chi connectivity index (χ4n) is 2.50. The highest BCUT2D eigenvalue weighted by atomic mass is 35.5. The van der Waals surface area contributed by atoms with Crippen LogP contribution in [0.4, 0.5) is 13.2 Å². The summed E-state index contributed by atoms with van der Waals surface area (Å²) in [5, 5.41) is 3.22. The number of benzene rings is 1. The molecule has 0 spiro atoms. The summed E-state index contributed by atoms with van der Waals surface area (Å²) in [4.78, 5) is 0. The molecule has 1 heterocycles. The number of methoxy groups -OCH3 is 1. The molecule has 0 unspecified atom stereocenters. The SMILES string of the molecule is COCCOc1cc(C2CCNCC2)cc(C(F)(F)F)c1.Cl. The van der Waals surface area contributed by atoms with Gasteiger partial charge in [0.15, 0.2) is 0 Å². The first-order chi connectivity index (χ1) is 10.0. The molecular weight excluding hydrogens is 319 g/mol. The van der Waals surface area contributed by atoms with Crippen molar-refractivity contribution in [2.24, 2.45) is 0 Å². The van der Waals surface area contributed by atoms with Crippen molar-refractivity contribution >= 4 is 12.4 Å². The van der Waals surface area contributed by atoms with Crippen LogP contribution in [0.1, 0.15) is 29.9 Å². The Morgan fingerprint density at radius 3 is 2.41 bits per heavy atom. The van der Waals surface area contributed by atoms with E-state index in [0.29, 0.717) is 12.2 Å². The van der Waals surface area contributed by atoms with Gasteiger partial charge in [-0.25, -0.2) is 0 Å². The lowest BCUT2D eigenvalue weighted by Crippen LogP contribution is -2.26. The number of rotatable bonds is 5. The number of nitrogens with one attached hydrogen (secondary N) is 1. The van der Waals surface area contributed by atoms with E-state index in [-0.39, 0.29) is 30.7 Å². The van der Waals surface area contributed by atoms with Crippen molar-refractivity contribution in [1.29, 1.82) is 0 Å². The third-order valence-corrected chi connectivity index (χ3v) is 3.62. The highest BCUT2D eigenvalue weighted by Crippen LogP contribution is 2.36. The molecule has 0 bridgehead atoms. The predicted octanol–water partition coefficient (Wildman–Crippen LogP) is 3.62. The number of hydrogen-bond acceptors (Lipinski definition) is 3. The van der Waals surface area contributed by atoms with Crippen LogP contribution in [0.25, 0.3) is 0 Å². The molecule has 1 N–H and O–H groups in total. The number of alkyl halides is 3. The van der Waals surface area contributed by atoms with Gasteiger partial charge in [-0.15, -0.1) is 12.4 Å². The second kappa shape index (κ2) is 8.60. The summed E-state index contributed by atoms with van der Waals surface area (Å²) in [6.45, 7) is 2.25. The lowest BCUT2D eigenvalue weighted by atomic mass is 9.89. The van der Waals surface area contributed by atoms with E-state index in [1.54, 1.807) is 6.07 Å². The first-order valence-corrected chi connectivity index (χ1v) is 7.05. The number of hydrogen-bond donors (Lipinski definition) is 1. The van der Waals surface area contributed by atoms with Crippen molar-refractivity contribution < 1.29 is 22.6 Å². The van der Waals surface area contributed by atoms with E-state index in [9.17, 15) is 13.2 Å². The van der Waals surface area contributed by atoms with Gasteiger partial charge in [0.1, 0.15) is 12.4 Å². The van der Waals surface area contributed by atoms with Gasteiger partial charge in [0, 0.05) is 7.11 Å². The van der Waals surface area contributed by atoms with Gasteiger partial charge < -0.3 is 14.8 Å². The maximum absolute atomic E-state index is 13.0. The highest BCUT2D eigenvalue weighted by molar-refractivity contribution is 5.85. The molecule has 22 heavy (non-hydrogen) atoms. The zero-order chi connectivity index (χ0) is 15.3. The minimum absolute atomic E-state index is 0. The monoisotopic (exact) mass is 339 g/mol. The molecule has 1 fully saturated rings. The Hall–Kier alpha value is -0.980. The van der Waals surface area contributed by atoms with E-state index in [1.807, 2.05) is 0 Å². The number of ether oxygens (including phenoxy) is 2. The van der Waals surface area contributed by atoms with Crippen molar-refractivity contribution in [3.05, 3.63) is 29.3 Å². The summed E-state index contributed by atoms with van der Waals surface area (Å²) < 4.78 is 49.3. The van der Waals surface area contributed by atoms with Crippen LogP contribution in [0, 0.1) is 0 Å². The van der Waals surface area contributed by atoms with Crippen LogP contribution >= 0.6 is 12.4 Å². The second-order valence-electron chi connectivity index (χ2n) is 5.15. The molecule has 0 aliphatic carbocycles. The lowest BCUT2D eigenvalue weighted by Gasteiger charge is -2.24. The molecule has 1 aliphatic heterocycles. The van der Waals surface area contributed by atoms with E-state index in [4.69, 9.17) is 9.47 Å². The first kappa shape index (κ1) is 19.1. The van der Waals surface area contributed by atoms with E-state index in [0.717, 1.165) is 32.0 Å². The highest BCUT2D eigenvalue weighted by Gasteiger charge is 2.32. The molecule has 2 rings (SSSR count). The molecule has 1 aromatic carbocycles. The van der Waals surface area contributed by atoms with Crippen molar-refractivity contribution in [3.8, 4) is 5.75 Å². The molecule has 0 saturated carbocycles. The van der Waals surface area contributed by atoms with Crippen molar-refractivity contribution in [3.63, 3.8) is 0 Å². The smallest absolute Gasteiger partial charge is 0.416 e. The number of piperidine rings is 1. The van der Waals surface area contributed by atoms with Crippen LogP contribution in [0.15, 0.2) is 18.2 Å². The van der Waals surface area contributed by atoms with Gasteiger partial charge in [-0.05, 0) is 55.6 Å². The van der Waals surface area contributed by atoms with E-state index < -0.39 is 11.7 Å². The summed E-state index contributed by atoms with van der Waals surface area (Å²) in [7, 11) is 1.52. The maximum atomic E-state index is 13.0. The molecule has 3 nitrogen and oxygen atoms in total. The standard InChI is InChI=1S/C15H20F3NO2.ClH/c1-20-6-7-21-14-9-12(11-2-4-19-5-3-11)8-13(10-14)15(16,17)18;/h8-11,19H,2-7H2,1H3;1H. The third kappa shape index (κ3) is 5.34. The van der Waals surface area contributed by atoms with Crippen LogP contribution in [0.2, 0.25) is 0 Å². The van der Waals surface area contributed by atoms with Crippen LogP contribution < -0.4 is 10.1 Å². The molecule has 0 amide bonds. The van der Waals surface area contributed by atoms with Gasteiger partial charge in [-0.3, -0.25) is 0 Å². The lowest BCUT2D eigenvalue weighted by molar-refractivity contribution is -0.137. The molecule has 126 valence electrons. The predicted molar refractivity (Wildman–Crippen MR) is 80.9 cm³/mol. The molecule has 0 atom stereocenters. The fraction of sp³-hybridized carbons (Fsp3) is 0.600. The zero-order valence-corrected chi connectivity index (χ0v) is 13.2. The van der Waals surface area contributed by atoms with Gasteiger partial charge >= 0.3 is 6.18 Å². The molecule has 1 saturated heterocycles. The largest absolute Gasteiger partial charge is 0.491 e. The summed E-state index contributed by atoms with van der Waals surface area (Å²) >= 11 is 0. The van der Waals surface area contributed by atoms with Crippen molar-refractivity contribution in [2.75, 3.05) is 33.4 Å². The van der Waals surface area contributed by atoms with E-state index in [1.165, 1.54) is 13.2 Å². The van der Waals surface area contributed by atoms with Crippen molar-refractivity contribution in [1.82, 2.24) is 5.32 Å². The van der Waals surface area contributed by atoms with Gasteiger partial charge in [0.25, 0.3) is 0 Å². The number of halogens is 4. The summed E-state index contributed by atoms with van der Waals surface area (Å²) in [6, 6.07) is 4.03. The minimum atomic E-state index is -4.36. The van der Waals surface area contributed by atoms with Gasteiger partial charge in [-0.1, -0.05) is 0 Å². The first-order valence-electron chi connectivity index (χ1n) is 7.05. The summed E-state index contributed by atoms with van der Waals surface area (Å²) in [6.07, 6.45) is -2.67. The molecule has 7 heteroatoms. The van der Waals surface area contributed by atoms with Gasteiger partial charge in [0.2, 0.25) is 0 Å². The average Bonchev–Trinajstić information content (AvgIpc) is 2.47. The fourth-order valence-corrected chi connectivity index (χ4v) is 2.50. The van der Waals surface area contributed by atoms with E-state index >= 15 is 0 Å². The van der Waals surface area contributed by atoms with Crippen LogP contribution in [0.5, 0.6) is 5.75 Å². The Balaban J connectivity index is 0.00000242. The third-order valence-electron chi connectivity index (χ3n) is 3.62. The molecule has 1 aromatic rings. The van der Waals surface area contributed by atoms with Gasteiger partial charge in [0.05, 0.1) is 12.2 Å².